The van der Waals surface area contributed by atoms with Gasteiger partial charge in [-0.3, -0.25) is 4.79 Å². The number of aliphatic hydroxyl groups is 2. The highest BCUT2D eigenvalue weighted by Gasteiger charge is 2.64. The van der Waals surface area contributed by atoms with Crippen molar-refractivity contribution in [3.8, 4) is 0 Å². The Balaban J connectivity index is 1.54. The second-order valence-corrected chi connectivity index (χ2v) is 14.9. The number of hydrogen-bond donors (Lipinski definition) is 2. The molecule has 5 rings (SSSR count). The highest BCUT2D eigenvalue weighted by molar-refractivity contribution is 5.95. The monoisotopic (exact) mass is 456 g/mol. The van der Waals surface area contributed by atoms with Gasteiger partial charge in [-0.2, -0.15) is 0 Å². The molecular formula is C30H48O3. The third-order valence-electron chi connectivity index (χ3n) is 12.6. The van der Waals surface area contributed by atoms with Gasteiger partial charge in [0.15, 0.2) is 5.78 Å². The Bertz CT molecular complexity index is 870. The highest BCUT2D eigenvalue weighted by Crippen LogP contribution is 2.70. The topological polar surface area (TPSA) is 57.5 Å². The van der Waals surface area contributed by atoms with Gasteiger partial charge in [-0.1, -0.05) is 54.0 Å². The maximum absolute atomic E-state index is 13.6. The summed E-state index contributed by atoms with van der Waals surface area (Å²) in [4.78, 5) is 13.6. The first kappa shape index (κ1) is 24.0. The SMILES string of the molecule is CC1(C)[C@H]2CC[C@@]3(C)CC4=CC(=O)[C@H]5C(C)(C)[C@@H](O)CC[C@]5(C)[C@H]4CC[C@@H]3[C@@]2(C)CC[C@@H]1O. The van der Waals surface area contributed by atoms with E-state index in [1.54, 1.807) is 0 Å². The first-order valence-electron chi connectivity index (χ1n) is 13.8. The van der Waals surface area contributed by atoms with Crippen LogP contribution in [0.3, 0.4) is 0 Å². The molecule has 0 heterocycles. The molecule has 0 saturated heterocycles. The summed E-state index contributed by atoms with van der Waals surface area (Å²) in [5.74, 6) is 1.86. The number of allylic oxidation sites excluding steroid dienone is 2. The Morgan fingerprint density at radius 1 is 0.727 bits per heavy atom. The lowest BCUT2D eigenvalue weighted by Crippen LogP contribution is -2.58. The van der Waals surface area contributed by atoms with Crippen LogP contribution in [0.5, 0.6) is 0 Å². The molecule has 33 heavy (non-hydrogen) atoms. The molecule has 0 bridgehead atoms. The summed E-state index contributed by atoms with van der Waals surface area (Å²) in [6.45, 7) is 16.3. The molecule has 0 aliphatic heterocycles. The average molecular weight is 457 g/mol. The van der Waals surface area contributed by atoms with Gasteiger partial charge in [-0.25, -0.2) is 0 Å². The molecule has 0 amide bonds. The lowest BCUT2D eigenvalue weighted by Gasteiger charge is -2.63. The number of aliphatic hydroxyl groups excluding tert-OH is 2. The van der Waals surface area contributed by atoms with Crippen molar-refractivity contribution >= 4 is 5.78 Å². The van der Waals surface area contributed by atoms with Gasteiger partial charge in [-0.05, 0) is 103 Å². The summed E-state index contributed by atoms with van der Waals surface area (Å²) in [6.07, 6.45) is 11.1. The minimum absolute atomic E-state index is 0.0246. The molecule has 0 aromatic heterocycles. The molecule has 5 aliphatic rings. The van der Waals surface area contributed by atoms with Gasteiger partial charge in [0.05, 0.1) is 12.2 Å². The normalized spacial score (nSPS) is 53.0. The lowest BCUT2D eigenvalue weighted by atomic mass is 9.42. The minimum atomic E-state index is -0.393. The van der Waals surface area contributed by atoms with Crippen molar-refractivity contribution in [1.29, 1.82) is 0 Å². The van der Waals surface area contributed by atoms with E-state index in [4.69, 9.17) is 0 Å². The molecule has 0 spiro atoms. The molecule has 3 heteroatoms. The van der Waals surface area contributed by atoms with E-state index >= 15 is 0 Å². The van der Waals surface area contributed by atoms with Gasteiger partial charge in [0, 0.05) is 11.3 Å². The van der Waals surface area contributed by atoms with Crippen molar-refractivity contribution in [2.45, 2.75) is 118 Å². The van der Waals surface area contributed by atoms with Crippen LogP contribution in [0.1, 0.15) is 106 Å². The molecule has 4 saturated carbocycles. The van der Waals surface area contributed by atoms with E-state index in [-0.39, 0.29) is 44.9 Å². The van der Waals surface area contributed by atoms with Crippen LogP contribution >= 0.6 is 0 Å². The van der Waals surface area contributed by atoms with Crippen molar-refractivity contribution in [1.82, 2.24) is 0 Å². The predicted octanol–water partition coefficient (Wildman–Crippen LogP) is 6.32. The van der Waals surface area contributed by atoms with Gasteiger partial charge in [-0.15, -0.1) is 0 Å². The summed E-state index contributed by atoms with van der Waals surface area (Å²) in [6, 6.07) is 0. The van der Waals surface area contributed by atoms with Crippen molar-refractivity contribution in [2.24, 2.45) is 50.7 Å². The summed E-state index contributed by atoms with van der Waals surface area (Å²) in [5.41, 5.74) is 1.48. The summed E-state index contributed by atoms with van der Waals surface area (Å²) in [7, 11) is 0. The molecule has 0 aromatic carbocycles. The van der Waals surface area contributed by atoms with Crippen LogP contribution in [0, 0.1) is 50.7 Å². The zero-order valence-electron chi connectivity index (χ0n) is 22.2. The molecular weight excluding hydrogens is 408 g/mol. The third kappa shape index (κ3) is 3.09. The summed E-state index contributed by atoms with van der Waals surface area (Å²) in [5, 5.41) is 21.7. The Kier molecular flexibility index (Phi) is 5.24. The Morgan fingerprint density at radius 3 is 2.00 bits per heavy atom. The van der Waals surface area contributed by atoms with Crippen molar-refractivity contribution in [3.63, 3.8) is 0 Å². The smallest absolute Gasteiger partial charge is 0.159 e. The van der Waals surface area contributed by atoms with Gasteiger partial charge >= 0.3 is 0 Å². The largest absolute Gasteiger partial charge is 0.393 e. The fourth-order valence-electron chi connectivity index (χ4n) is 10.9. The number of carbonyl (C=O) groups excluding carboxylic acids is 1. The Morgan fingerprint density at radius 2 is 1.33 bits per heavy atom. The number of hydrogen-bond acceptors (Lipinski definition) is 3. The number of carbonyl (C=O) groups is 1. The molecule has 3 nitrogen and oxygen atoms in total. The zero-order valence-corrected chi connectivity index (χ0v) is 22.2. The molecule has 9 atom stereocenters. The first-order chi connectivity index (χ1) is 15.2. The number of fused-ring (bicyclic) bond motifs is 6. The number of ketones is 1. The fourth-order valence-corrected chi connectivity index (χ4v) is 10.9. The van der Waals surface area contributed by atoms with Crippen molar-refractivity contribution in [2.75, 3.05) is 0 Å². The van der Waals surface area contributed by atoms with Crippen LogP contribution in [-0.4, -0.2) is 28.2 Å². The third-order valence-corrected chi connectivity index (χ3v) is 12.6. The van der Waals surface area contributed by atoms with Crippen LogP contribution in [-0.2, 0) is 4.79 Å². The van der Waals surface area contributed by atoms with Crippen molar-refractivity contribution < 1.29 is 15.0 Å². The van der Waals surface area contributed by atoms with E-state index in [0.717, 1.165) is 32.1 Å². The maximum Gasteiger partial charge on any atom is 0.159 e. The second kappa shape index (κ2) is 7.19. The van der Waals surface area contributed by atoms with E-state index in [9.17, 15) is 15.0 Å². The standard InChI is InChI=1S/C30H48O3/c1-26(2)21-10-13-28(5)17-18-16-20(31)25-27(3,4)24(33)11-14-29(25,6)19(18)8-9-22(28)30(21,7)15-12-23(26)32/h16,19,21-25,32-33H,8-15,17H2,1-7H3/t19-,21+,22-,23-,24-,25-,28-,29+,30-/m0/s1. The zero-order chi connectivity index (χ0) is 24.2. The van der Waals surface area contributed by atoms with Crippen LogP contribution in [0.15, 0.2) is 11.6 Å². The highest BCUT2D eigenvalue weighted by atomic mass is 16.3. The number of rotatable bonds is 0. The molecule has 186 valence electrons. The summed E-state index contributed by atoms with van der Waals surface area (Å²) < 4.78 is 0. The first-order valence-corrected chi connectivity index (χ1v) is 13.8. The molecule has 0 aromatic rings. The average Bonchev–Trinajstić information content (AvgIpc) is 2.85. The molecule has 4 fully saturated rings. The predicted molar refractivity (Wildman–Crippen MR) is 132 cm³/mol. The van der Waals surface area contributed by atoms with Crippen LogP contribution in [0.25, 0.3) is 0 Å². The Hall–Kier alpha value is -0.670. The van der Waals surface area contributed by atoms with Gasteiger partial charge in [0.1, 0.15) is 0 Å². The van der Waals surface area contributed by atoms with Gasteiger partial charge in [0.2, 0.25) is 0 Å². The van der Waals surface area contributed by atoms with E-state index < -0.39 is 6.10 Å². The quantitative estimate of drug-likeness (QED) is 0.448. The van der Waals surface area contributed by atoms with E-state index in [1.165, 1.54) is 31.3 Å². The minimum Gasteiger partial charge on any atom is -0.393 e. The Labute approximate surface area is 201 Å². The van der Waals surface area contributed by atoms with E-state index in [1.807, 2.05) is 6.08 Å². The fraction of sp³-hybridized carbons (Fsp3) is 0.900. The van der Waals surface area contributed by atoms with Crippen LogP contribution in [0.4, 0.5) is 0 Å². The lowest BCUT2D eigenvalue weighted by molar-refractivity contribution is -0.170. The van der Waals surface area contributed by atoms with Gasteiger partial charge in [0.25, 0.3) is 0 Å². The molecule has 0 radical (unpaired) electrons. The van der Waals surface area contributed by atoms with E-state index in [2.05, 4.69) is 48.5 Å². The van der Waals surface area contributed by atoms with Crippen LogP contribution < -0.4 is 0 Å². The molecule has 0 unspecified atom stereocenters. The molecule has 5 aliphatic carbocycles. The molecule has 2 N–H and O–H groups in total. The van der Waals surface area contributed by atoms with Gasteiger partial charge < -0.3 is 10.2 Å². The van der Waals surface area contributed by atoms with Crippen molar-refractivity contribution in [3.05, 3.63) is 11.6 Å². The maximum atomic E-state index is 13.6. The summed E-state index contributed by atoms with van der Waals surface area (Å²) >= 11 is 0. The van der Waals surface area contributed by atoms with E-state index in [0.29, 0.717) is 17.8 Å². The van der Waals surface area contributed by atoms with Crippen LogP contribution in [0.2, 0.25) is 0 Å². The second-order valence-electron chi connectivity index (χ2n) is 14.9.